The van der Waals surface area contributed by atoms with Gasteiger partial charge in [0.25, 0.3) is 11.7 Å². The predicted octanol–water partition coefficient (Wildman–Crippen LogP) is 2.77. The zero-order valence-electron chi connectivity index (χ0n) is 15.2. The van der Waals surface area contributed by atoms with E-state index in [1.165, 1.54) is 24.1 Å². The first-order valence-electron chi connectivity index (χ1n) is 8.57. The van der Waals surface area contributed by atoms with Crippen molar-refractivity contribution in [1.82, 2.24) is 4.90 Å². The highest BCUT2D eigenvalue weighted by molar-refractivity contribution is 6.46. The number of aliphatic hydroxyl groups is 1. The van der Waals surface area contributed by atoms with Gasteiger partial charge in [-0.05, 0) is 24.6 Å². The Morgan fingerprint density at radius 1 is 1.07 bits per heavy atom. The lowest BCUT2D eigenvalue weighted by atomic mass is 9.95. The van der Waals surface area contributed by atoms with Crippen LogP contribution in [0.1, 0.15) is 22.7 Å². The minimum absolute atomic E-state index is 0.0330. The Hall–Kier alpha value is -3.12. The maximum atomic E-state index is 12.7. The van der Waals surface area contributed by atoms with Gasteiger partial charge in [0.15, 0.2) is 0 Å². The van der Waals surface area contributed by atoms with E-state index in [9.17, 15) is 19.8 Å². The van der Waals surface area contributed by atoms with Crippen LogP contribution in [0.4, 0.5) is 0 Å². The van der Waals surface area contributed by atoms with Gasteiger partial charge in [-0.3, -0.25) is 9.59 Å². The molecule has 0 bridgehead atoms. The Balaban J connectivity index is 2.14. The van der Waals surface area contributed by atoms with Crippen LogP contribution in [0.15, 0.2) is 54.1 Å². The molecule has 2 N–H and O–H groups in total. The Labute approximate surface area is 157 Å². The van der Waals surface area contributed by atoms with Crippen molar-refractivity contribution >= 4 is 17.4 Å². The monoisotopic (exact) mass is 367 g/mol. The van der Waals surface area contributed by atoms with E-state index in [0.29, 0.717) is 11.1 Å². The summed E-state index contributed by atoms with van der Waals surface area (Å²) in [6.07, 6.45) is 0. The molecule has 2 aromatic rings. The van der Waals surface area contributed by atoms with Crippen LogP contribution in [-0.4, -0.2) is 47.1 Å². The SMILES string of the molecule is COCCN1C(=O)C(=O)C(=C(O)c2ccc(C)cc2)[C@H]1c1ccc(O)cc1. The van der Waals surface area contributed by atoms with Crippen molar-refractivity contribution in [3.05, 3.63) is 70.8 Å². The van der Waals surface area contributed by atoms with Crippen LogP contribution in [0.3, 0.4) is 0 Å². The van der Waals surface area contributed by atoms with Crippen molar-refractivity contribution in [3.63, 3.8) is 0 Å². The molecule has 1 atom stereocenters. The van der Waals surface area contributed by atoms with Crippen molar-refractivity contribution in [1.29, 1.82) is 0 Å². The number of methoxy groups -OCH3 is 1. The van der Waals surface area contributed by atoms with E-state index in [4.69, 9.17) is 4.74 Å². The zero-order chi connectivity index (χ0) is 19.6. The van der Waals surface area contributed by atoms with Crippen LogP contribution in [0.2, 0.25) is 0 Å². The fraction of sp³-hybridized carbons (Fsp3) is 0.238. The second-order valence-electron chi connectivity index (χ2n) is 6.44. The number of aryl methyl sites for hydroxylation is 1. The van der Waals surface area contributed by atoms with Crippen LogP contribution in [0, 0.1) is 6.92 Å². The molecule has 0 saturated carbocycles. The Bertz CT molecular complexity index is 884. The molecule has 1 aliphatic rings. The third-order valence-corrected chi connectivity index (χ3v) is 4.61. The van der Waals surface area contributed by atoms with E-state index in [2.05, 4.69) is 0 Å². The van der Waals surface area contributed by atoms with E-state index in [1.807, 2.05) is 19.1 Å². The average Bonchev–Trinajstić information content (AvgIpc) is 2.91. The van der Waals surface area contributed by atoms with E-state index < -0.39 is 17.7 Å². The molecule has 0 unspecified atom stereocenters. The fourth-order valence-corrected chi connectivity index (χ4v) is 3.17. The number of benzene rings is 2. The summed E-state index contributed by atoms with van der Waals surface area (Å²) >= 11 is 0. The molecule has 2 aromatic carbocycles. The van der Waals surface area contributed by atoms with Gasteiger partial charge in [-0.2, -0.15) is 0 Å². The molecule has 6 nitrogen and oxygen atoms in total. The number of likely N-dealkylation sites (tertiary alicyclic amines) is 1. The molecule has 6 heteroatoms. The Morgan fingerprint density at radius 3 is 2.30 bits per heavy atom. The molecule has 0 spiro atoms. The van der Waals surface area contributed by atoms with Gasteiger partial charge < -0.3 is 19.8 Å². The summed E-state index contributed by atoms with van der Waals surface area (Å²) in [7, 11) is 1.51. The molecule has 1 amide bonds. The maximum absolute atomic E-state index is 12.7. The summed E-state index contributed by atoms with van der Waals surface area (Å²) in [6, 6.07) is 12.6. The molecular weight excluding hydrogens is 346 g/mol. The van der Waals surface area contributed by atoms with E-state index >= 15 is 0 Å². The van der Waals surface area contributed by atoms with Crippen molar-refractivity contribution in [3.8, 4) is 5.75 Å². The Morgan fingerprint density at radius 2 is 1.70 bits per heavy atom. The van der Waals surface area contributed by atoms with Gasteiger partial charge in [-0.1, -0.05) is 42.0 Å². The molecule has 27 heavy (non-hydrogen) atoms. The molecule has 140 valence electrons. The van der Waals surface area contributed by atoms with Gasteiger partial charge in [-0.15, -0.1) is 0 Å². The third-order valence-electron chi connectivity index (χ3n) is 4.61. The number of nitrogens with zero attached hydrogens (tertiary/aromatic N) is 1. The number of carbonyl (C=O) groups excluding carboxylic acids is 2. The summed E-state index contributed by atoms with van der Waals surface area (Å²) in [6.45, 7) is 2.38. The normalized spacial score (nSPS) is 18.9. The smallest absolute Gasteiger partial charge is 0.295 e. The van der Waals surface area contributed by atoms with Crippen LogP contribution in [0.5, 0.6) is 5.75 Å². The van der Waals surface area contributed by atoms with Crippen molar-refractivity contribution < 1.29 is 24.5 Å². The van der Waals surface area contributed by atoms with Gasteiger partial charge in [0.2, 0.25) is 0 Å². The lowest BCUT2D eigenvalue weighted by molar-refractivity contribution is -0.140. The quantitative estimate of drug-likeness (QED) is 0.482. The van der Waals surface area contributed by atoms with Crippen LogP contribution in [0.25, 0.3) is 5.76 Å². The molecule has 3 rings (SSSR count). The molecule has 1 aliphatic heterocycles. The first kappa shape index (κ1) is 18.7. The summed E-state index contributed by atoms with van der Waals surface area (Å²) in [4.78, 5) is 26.7. The molecular formula is C21H21NO5. The van der Waals surface area contributed by atoms with Gasteiger partial charge in [0.05, 0.1) is 18.2 Å². The topological polar surface area (TPSA) is 87.1 Å². The van der Waals surface area contributed by atoms with Gasteiger partial charge in [-0.25, -0.2) is 0 Å². The van der Waals surface area contributed by atoms with Crippen molar-refractivity contribution in [2.45, 2.75) is 13.0 Å². The molecule has 1 saturated heterocycles. The van der Waals surface area contributed by atoms with Gasteiger partial charge in [0, 0.05) is 19.2 Å². The summed E-state index contributed by atoms with van der Waals surface area (Å²) in [5.74, 6) is -1.56. The number of ether oxygens (including phenoxy) is 1. The molecule has 1 heterocycles. The van der Waals surface area contributed by atoms with Gasteiger partial charge in [0.1, 0.15) is 11.5 Å². The van der Waals surface area contributed by atoms with Crippen LogP contribution < -0.4 is 0 Å². The Kier molecular flexibility index (Phi) is 5.28. The largest absolute Gasteiger partial charge is 0.508 e. The second-order valence-corrected chi connectivity index (χ2v) is 6.44. The number of Topliss-reactive ketones (excluding diaryl/α,β-unsaturated/α-hetero) is 1. The average molecular weight is 367 g/mol. The highest BCUT2D eigenvalue weighted by atomic mass is 16.5. The van der Waals surface area contributed by atoms with Crippen LogP contribution >= 0.6 is 0 Å². The number of carbonyl (C=O) groups is 2. The number of ketones is 1. The molecule has 0 aromatic heterocycles. The highest BCUT2D eigenvalue weighted by Gasteiger charge is 2.45. The minimum atomic E-state index is -0.748. The number of amides is 1. The number of aromatic hydroxyl groups is 1. The van der Waals surface area contributed by atoms with E-state index in [0.717, 1.165) is 5.56 Å². The third kappa shape index (κ3) is 3.57. The lowest BCUT2D eigenvalue weighted by Crippen LogP contribution is -2.32. The summed E-state index contributed by atoms with van der Waals surface area (Å²) in [5.41, 5.74) is 2.14. The van der Waals surface area contributed by atoms with Crippen molar-refractivity contribution in [2.24, 2.45) is 0 Å². The first-order chi connectivity index (χ1) is 12.9. The predicted molar refractivity (Wildman–Crippen MR) is 100 cm³/mol. The highest BCUT2D eigenvalue weighted by Crippen LogP contribution is 2.39. The minimum Gasteiger partial charge on any atom is -0.508 e. The molecule has 1 fully saturated rings. The number of rotatable bonds is 5. The summed E-state index contributed by atoms with van der Waals surface area (Å²) in [5, 5.41) is 20.4. The second kappa shape index (κ2) is 7.63. The van der Waals surface area contributed by atoms with Gasteiger partial charge >= 0.3 is 0 Å². The van der Waals surface area contributed by atoms with Crippen LogP contribution in [-0.2, 0) is 14.3 Å². The fourth-order valence-electron chi connectivity index (χ4n) is 3.17. The lowest BCUT2D eigenvalue weighted by Gasteiger charge is -2.25. The van der Waals surface area contributed by atoms with Crippen molar-refractivity contribution in [2.75, 3.05) is 20.3 Å². The standard InChI is InChI=1S/C21H21NO5/c1-13-3-5-15(6-4-13)19(24)17-18(14-7-9-16(23)10-8-14)22(11-12-27-2)21(26)20(17)25/h3-10,18,23-24H,11-12H2,1-2H3/t18-/m1/s1. The summed E-state index contributed by atoms with van der Waals surface area (Å²) < 4.78 is 5.06. The number of hydrogen-bond acceptors (Lipinski definition) is 5. The zero-order valence-corrected chi connectivity index (χ0v) is 15.2. The number of aliphatic hydroxyl groups excluding tert-OH is 1. The number of hydrogen-bond donors (Lipinski definition) is 2. The number of phenolic OH excluding ortho intramolecular Hbond substituents is 1. The maximum Gasteiger partial charge on any atom is 0.295 e. The van der Waals surface area contributed by atoms with E-state index in [1.54, 1.807) is 24.3 Å². The first-order valence-corrected chi connectivity index (χ1v) is 8.57. The molecule has 0 aliphatic carbocycles. The number of phenols is 1. The van der Waals surface area contributed by atoms with E-state index in [-0.39, 0.29) is 30.2 Å². The molecule has 0 radical (unpaired) electrons.